The van der Waals surface area contributed by atoms with Crippen molar-refractivity contribution in [1.29, 1.82) is 0 Å². The third-order valence-corrected chi connectivity index (χ3v) is 3.95. The number of hydrogen-bond acceptors (Lipinski definition) is 4. The Balaban J connectivity index is 2.32. The zero-order valence-corrected chi connectivity index (χ0v) is 15.2. The van der Waals surface area contributed by atoms with Crippen molar-refractivity contribution in [3.05, 3.63) is 41.1 Å². The van der Waals surface area contributed by atoms with Gasteiger partial charge in [-0.1, -0.05) is 32.0 Å². The Labute approximate surface area is 148 Å². The lowest BCUT2D eigenvalue weighted by Crippen LogP contribution is -2.45. The molecule has 1 atom stereocenters. The van der Waals surface area contributed by atoms with Gasteiger partial charge < -0.3 is 20.1 Å². The minimum Gasteiger partial charge on any atom is -0.494 e. The van der Waals surface area contributed by atoms with Crippen LogP contribution in [0.5, 0.6) is 5.75 Å². The van der Waals surface area contributed by atoms with Crippen LogP contribution in [-0.2, 0) is 9.53 Å². The van der Waals surface area contributed by atoms with Gasteiger partial charge in [0.15, 0.2) is 0 Å². The molecule has 1 aromatic rings. The molecule has 136 valence electrons. The van der Waals surface area contributed by atoms with Gasteiger partial charge in [0.1, 0.15) is 5.75 Å². The summed E-state index contributed by atoms with van der Waals surface area (Å²) in [4.78, 5) is 24.6. The summed E-state index contributed by atoms with van der Waals surface area (Å²) in [7, 11) is 0. The minimum atomic E-state index is -0.608. The summed E-state index contributed by atoms with van der Waals surface area (Å²) in [5, 5.41) is 5.45. The fourth-order valence-electron chi connectivity index (χ4n) is 2.67. The Morgan fingerprint density at radius 3 is 2.68 bits per heavy atom. The largest absolute Gasteiger partial charge is 0.494 e. The molecule has 2 amide bonds. The number of allylic oxidation sites excluding steroid dienone is 1. The first kappa shape index (κ1) is 18.8. The fourth-order valence-corrected chi connectivity index (χ4v) is 2.67. The summed E-state index contributed by atoms with van der Waals surface area (Å²) in [5.74, 6) is 0.654. The van der Waals surface area contributed by atoms with Crippen LogP contribution in [0.4, 0.5) is 4.79 Å². The van der Waals surface area contributed by atoms with E-state index >= 15 is 0 Å². The number of ether oxygens (including phenoxy) is 2. The highest BCUT2D eigenvalue weighted by Crippen LogP contribution is 2.33. The molecule has 6 nitrogen and oxygen atoms in total. The number of benzene rings is 1. The summed E-state index contributed by atoms with van der Waals surface area (Å²) >= 11 is 0. The molecule has 0 saturated carbocycles. The number of nitrogens with one attached hydrogen (secondary N) is 2. The van der Waals surface area contributed by atoms with Crippen LogP contribution in [0.2, 0.25) is 0 Å². The maximum Gasteiger partial charge on any atom is 0.338 e. The van der Waals surface area contributed by atoms with Crippen LogP contribution in [0.25, 0.3) is 0 Å². The van der Waals surface area contributed by atoms with Gasteiger partial charge in [0.25, 0.3) is 0 Å². The highest BCUT2D eigenvalue weighted by Gasteiger charge is 2.33. The topological polar surface area (TPSA) is 76.7 Å². The number of hydrogen-bond donors (Lipinski definition) is 2. The lowest BCUT2D eigenvalue weighted by atomic mass is 9.95. The summed E-state index contributed by atoms with van der Waals surface area (Å²) < 4.78 is 11.1. The average Bonchev–Trinajstić information content (AvgIpc) is 2.54. The lowest BCUT2D eigenvalue weighted by Gasteiger charge is -2.29. The molecule has 2 rings (SSSR count). The lowest BCUT2D eigenvalue weighted by molar-refractivity contribution is -0.139. The zero-order chi connectivity index (χ0) is 18.4. The monoisotopic (exact) mass is 346 g/mol. The first-order valence-corrected chi connectivity index (χ1v) is 8.61. The van der Waals surface area contributed by atoms with E-state index in [1.807, 2.05) is 31.2 Å². The van der Waals surface area contributed by atoms with Crippen LogP contribution in [0.1, 0.15) is 45.7 Å². The summed E-state index contributed by atoms with van der Waals surface area (Å²) in [5.41, 5.74) is 1.62. The highest BCUT2D eigenvalue weighted by atomic mass is 16.5. The quantitative estimate of drug-likeness (QED) is 0.743. The standard InChI is InChI=1S/C19H26N2O4/c1-5-24-15-9-7-6-8-14(15)17-16(13(4)20-19(23)21-17)18(22)25-11-10-12(2)3/h6-9,12,17H,5,10-11H2,1-4H3,(H2,20,21,23)/t17-/m0/s1. The van der Waals surface area contributed by atoms with Crippen molar-refractivity contribution in [3.63, 3.8) is 0 Å². The maximum absolute atomic E-state index is 12.6. The zero-order valence-electron chi connectivity index (χ0n) is 15.2. The molecule has 0 bridgehead atoms. The molecule has 1 aromatic carbocycles. The average molecular weight is 346 g/mol. The first-order valence-electron chi connectivity index (χ1n) is 8.61. The molecule has 1 heterocycles. The molecule has 0 saturated heterocycles. The molecule has 2 N–H and O–H groups in total. The molecule has 0 fully saturated rings. The van der Waals surface area contributed by atoms with Crippen molar-refractivity contribution in [2.24, 2.45) is 5.92 Å². The number of rotatable bonds is 7. The number of esters is 1. The van der Waals surface area contributed by atoms with Gasteiger partial charge in [0, 0.05) is 11.3 Å². The van der Waals surface area contributed by atoms with Crippen molar-refractivity contribution >= 4 is 12.0 Å². The number of carbonyl (C=O) groups is 2. The molecular formula is C19H26N2O4. The molecular weight excluding hydrogens is 320 g/mol. The maximum atomic E-state index is 12.6. The van der Waals surface area contributed by atoms with Crippen LogP contribution in [0, 0.1) is 5.92 Å². The van der Waals surface area contributed by atoms with Gasteiger partial charge >= 0.3 is 12.0 Å². The number of urea groups is 1. The third kappa shape index (κ3) is 4.75. The Bertz CT molecular complexity index is 667. The van der Waals surface area contributed by atoms with E-state index in [1.165, 1.54) is 0 Å². The molecule has 0 aromatic heterocycles. The van der Waals surface area contributed by atoms with E-state index in [-0.39, 0.29) is 6.03 Å². The third-order valence-electron chi connectivity index (χ3n) is 3.95. The summed E-state index contributed by atoms with van der Waals surface area (Å²) in [6.07, 6.45) is 0.790. The molecule has 1 aliphatic heterocycles. The smallest absolute Gasteiger partial charge is 0.338 e. The van der Waals surface area contributed by atoms with Crippen molar-refractivity contribution in [1.82, 2.24) is 10.6 Å². The van der Waals surface area contributed by atoms with E-state index in [9.17, 15) is 9.59 Å². The van der Waals surface area contributed by atoms with Crippen molar-refractivity contribution in [2.45, 2.75) is 40.2 Å². The van der Waals surface area contributed by atoms with Gasteiger partial charge in [-0.2, -0.15) is 0 Å². The van der Waals surface area contributed by atoms with Crippen LogP contribution >= 0.6 is 0 Å². The van der Waals surface area contributed by atoms with E-state index in [0.29, 0.717) is 36.2 Å². The Morgan fingerprint density at radius 1 is 1.28 bits per heavy atom. The van der Waals surface area contributed by atoms with Gasteiger partial charge in [-0.15, -0.1) is 0 Å². The van der Waals surface area contributed by atoms with Crippen LogP contribution < -0.4 is 15.4 Å². The van der Waals surface area contributed by atoms with E-state index in [0.717, 1.165) is 12.0 Å². The first-order chi connectivity index (χ1) is 11.9. The van der Waals surface area contributed by atoms with Crippen molar-refractivity contribution in [3.8, 4) is 5.75 Å². The fraction of sp³-hybridized carbons (Fsp3) is 0.474. The number of carbonyl (C=O) groups excluding carboxylic acids is 2. The molecule has 25 heavy (non-hydrogen) atoms. The molecule has 6 heteroatoms. The second-order valence-electron chi connectivity index (χ2n) is 6.36. The van der Waals surface area contributed by atoms with Gasteiger partial charge in [-0.25, -0.2) is 9.59 Å². The Kier molecular flexibility index (Phi) is 6.44. The second-order valence-corrected chi connectivity index (χ2v) is 6.36. The van der Waals surface area contributed by atoms with Gasteiger partial charge in [0.05, 0.1) is 24.8 Å². The predicted molar refractivity (Wildman–Crippen MR) is 95.1 cm³/mol. The number of amides is 2. The van der Waals surface area contributed by atoms with Crippen LogP contribution in [0.15, 0.2) is 35.5 Å². The normalized spacial score (nSPS) is 17.2. The SMILES string of the molecule is CCOc1ccccc1[C@@H]1NC(=O)NC(C)=C1C(=O)OCCC(C)C. The van der Waals surface area contributed by atoms with Crippen LogP contribution in [0.3, 0.4) is 0 Å². The van der Waals surface area contributed by atoms with E-state index in [2.05, 4.69) is 24.5 Å². The van der Waals surface area contributed by atoms with Crippen molar-refractivity contribution < 1.29 is 19.1 Å². The molecule has 0 spiro atoms. The highest BCUT2D eigenvalue weighted by molar-refractivity contribution is 5.95. The van der Waals surface area contributed by atoms with E-state index in [1.54, 1.807) is 6.92 Å². The van der Waals surface area contributed by atoms with Crippen molar-refractivity contribution in [2.75, 3.05) is 13.2 Å². The minimum absolute atomic E-state index is 0.348. The summed E-state index contributed by atoms with van der Waals surface area (Å²) in [6.45, 7) is 8.58. The van der Waals surface area contributed by atoms with E-state index in [4.69, 9.17) is 9.47 Å². The molecule has 0 radical (unpaired) electrons. The van der Waals surface area contributed by atoms with Gasteiger partial charge in [-0.05, 0) is 32.3 Å². The second kappa shape index (κ2) is 8.55. The molecule has 0 aliphatic carbocycles. The van der Waals surface area contributed by atoms with E-state index < -0.39 is 12.0 Å². The summed E-state index contributed by atoms with van der Waals surface area (Å²) in [6, 6.07) is 6.41. The molecule has 0 unspecified atom stereocenters. The Hall–Kier alpha value is -2.50. The van der Waals surface area contributed by atoms with Gasteiger partial charge in [0.2, 0.25) is 0 Å². The molecule has 1 aliphatic rings. The van der Waals surface area contributed by atoms with Gasteiger partial charge in [-0.3, -0.25) is 0 Å². The number of para-hydroxylation sites is 1. The Morgan fingerprint density at radius 2 is 2.00 bits per heavy atom. The van der Waals surface area contributed by atoms with Crippen LogP contribution in [-0.4, -0.2) is 25.2 Å². The predicted octanol–water partition coefficient (Wildman–Crippen LogP) is 3.30.